The van der Waals surface area contributed by atoms with Gasteiger partial charge in [0.25, 0.3) is 5.91 Å². The maximum Gasteiger partial charge on any atom is 0.471 e. The number of halogens is 3. The molecule has 2 aromatic carbocycles. The van der Waals surface area contributed by atoms with Gasteiger partial charge in [-0.05, 0) is 48.6 Å². The van der Waals surface area contributed by atoms with Gasteiger partial charge in [0, 0.05) is 10.5 Å². The van der Waals surface area contributed by atoms with Crippen LogP contribution in [0.3, 0.4) is 0 Å². The average molecular weight is 530 g/mol. The minimum Gasteiger partial charge on any atom is -0.303 e. The second-order valence-corrected chi connectivity index (χ2v) is 9.97. The topological polar surface area (TPSA) is 103 Å². The first-order valence-corrected chi connectivity index (χ1v) is 12.4. The molecule has 2 aromatic rings. The van der Waals surface area contributed by atoms with E-state index in [1.807, 2.05) is 0 Å². The zero-order valence-electron chi connectivity index (χ0n) is 16.6. The Bertz CT molecular complexity index is 1230. The molecule has 2 N–H and O–H groups in total. The van der Waals surface area contributed by atoms with E-state index in [9.17, 15) is 13.8 Å². The Morgan fingerprint density at radius 1 is 1.12 bits per heavy atom. The Morgan fingerprint density at radius 2 is 1.79 bits per heavy atom. The Labute approximate surface area is 202 Å². The van der Waals surface area contributed by atoms with Gasteiger partial charge in [0.05, 0.1) is 21.3 Å². The molecule has 0 atom stereocenters. The second-order valence-electron chi connectivity index (χ2n) is 6.82. The van der Waals surface area contributed by atoms with Gasteiger partial charge >= 0.3 is 7.82 Å². The first-order valence-electron chi connectivity index (χ1n) is 9.28. The molecular formula is C20H15Cl2FN3O5PS. The standard InChI is InChI=1S/C20H15Cl2FN3O5PS/c21-14-2-1-3-15(22)18(14)19-16-8-9-17(33-13-6-4-12(23)5-7-13)24-26(16)10-25(20(19)27)11-31-32(28,29)30/h1-9H,10-11H2,(H2,28,29,30). The van der Waals surface area contributed by atoms with Gasteiger partial charge in [-0.1, -0.05) is 41.0 Å². The van der Waals surface area contributed by atoms with E-state index in [1.54, 1.807) is 42.5 Å². The normalized spacial score (nSPS) is 16.3. The predicted octanol–water partition coefficient (Wildman–Crippen LogP) is 4.69. The third-order valence-corrected chi connectivity index (χ3v) is 6.59. The first-order chi connectivity index (χ1) is 15.6. The van der Waals surface area contributed by atoms with E-state index in [4.69, 9.17) is 33.0 Å². The number of allylic oxidation sites excluding steroid dienone is 1. The number of nitrogens with zero attached hydrogens (tertiary/aromatic N) is 3. The molecule has 0 aliphatic carbocycles. The van der Waals surface area contributed by atoms with E-state index in [0.717, 1.165) is 9.80 Å². The minimum atomic E-state index is -4.83. The summed E-state index contributed by atoms with van der Waals surface area (Å²) in [5.41, 5.74) is 0.782. The highest BCUT2D eigenvalue weighted by Crippen LogP contribution is 2.41. The lowest BCUT2D eigenvalue weighted by molar-refractivity contribution is -0.131. The summed E-state index contributed by atoms with van der Waals surface area (Å²) in [6, 6.07) is 10.7. The van der Waals surface area contributed by atoms with Gasteiger partial charge in [-0.2, -0.15) is 5.10 Å². The lowest BCUT2D eigenvalue weighted by Crippen LogP contribution is -2.46. The van der Waals surface area contributed by atoms with Crippen LogP contribution in [0.15, 0.2) is 70.3 Å². The fraction of sp³-hybridized carbons (Fsp3) is 0.100. The van der Waals surface area contributed by atoms with E-state index in [-0.39, 0.29) is 33.7 Å². The van der Waals surface area contributed by atoms with Crippen LogP contribution < -0.4 is 0 Å². The van der Waals surface area contributed by atoms with E-state index in [2.05, 4.69) is 9.63 Å². The first kappa shape index (κ1) is 24.0. The number of carbonyl (C=O) groups excluding carboxylic acids is 1. The molecule has 0 saturated heterocycles. The van der Waals surface area contributed by atoms with E-state index >= 15 is 0 Å². The lowest BCUT2D eigenvalue weighted by atomic mass is 9.99. The number of fused-ring (bicyclic) bond motifs is 1. The number of benzene rings is 2. The van der Waals surface area contributed by atoms with Crippen molar-refractivity contribution in [2.75, 3.05) is 13.4 Å². The average Bonchev–Trinajstić information content (AvgIpc) is 2.75. The summed E-state index contributed by atoms with van der Waals surface area (Å²) in [4.78, 5) is 33.2. The number of amides is 1. The SMILES string of the molecule is O=C1C(c2c(Cl)cccc2Cl)=C2C=CC(Sc3ccc(F)cc3)=NN2CN1COP(=O)(O)O. The Morgan fingerprint density at radius 3 is 2.42 bits per heavy atom. The summed E-state index contributed by atoms with van der Waals surface area (Å²) in [6.45, 7) is -0.824. The molecule has 0 spiro atoms. The van der Waals surface area contributed by atoms with Gasteiger partial charge in [-0.15, -0.1) is 0 Å². The highest BCUT2D eigenvalue weighted by atomic mass is 35.5. The Kier molecular flexibility index (Phi) is 6.97. The summed E-state index contributed by atoms with van der Waals surface area (Å²) in [7, 11) is -4.83. The molecule has 4 rings (SSSR count). The lowest BCUT2D eigenvalue weighted by Gasteiger charge is -2.37. The molecule has 33 heavy (non-hydrogen) atoms. The molecule has 172 valence electrons. The third-order valence-electron chi connectivity index (χ3n) is 4.57. The van der Waals surface area contributed by atoms with Crippen molar-refractivity contribution in [1.29, 1.82) is 0 Å². The van der Waals surface area contributed by atoms with Gasteiger partial charge in [-0.3, -0.25) is 14.2 Å². The molecule has 0 aromatic heterocycles. The van der Waals surface area contributed by atoms with E-state index in [0.29, 0.717) is 10.7 Å². The summed E-state index contributed by atoms with van der Waals surface area (Å²) < 4.78 is 28.9. The third kappa shape index (κ3) is 5.50. The van der Waals surface area contributed by atoms with Crippen LogP contribution in [0, 0.1) is 5.82 Å². The Hall–Kier alpha value is -2.17. The van der Waals surface area contributed by atoms with E-state index < -0.39 is 20.5 Å². The number of hydrogen-bond acceptors (Lipinski definition) is 6. The van der Waals surface area contributed by atoms with Gasteiger partial charge in [0.2, 0.25) is 0 Å². The van der Waals surface area contributed by atoms with Crippen molar-refractivity contribution in [1.82, 2.24) is 9.91 Å². The summed E-state index contributed by atoms with van der Waals surface area (Å²) in [6.07, 6.45) is 3.37. The quantitative estimate of drug-likeness (QED) is 0.541. The summed E-state index contributed by atoms with van der Waals surface area (Å²) in [5.74, 6) is -0.943. The molecule has 8 nitrogen and oxygen atoms in total. The van der Waals surface area contributed by atoms with Crippen molar-refractivity contribution in [2.24, 2.45) is 5.10 Å². The molecule has 2 aliphatic heterocycles. The smallest absolute Gasteiger partial charge is 0.303 e. The highest BCUT2D eigenvalue weighted by molar-refractivity contribution is 8.14. The minimum absolute atomic E-state index is 0.108. The van der Waals surface area contributed by atoms with Gasteiger partial charge < -0.3 is 9.79 Å². The molecule has 0 bridgehead atoms. The van der Waals surface area contributed by atoms with Crippen LogP contribution in [-0.4, -0.2) is 44.0 Å². The van der Waals surface area contributed by atoms with Crippen LogP contribution in [0.4, 0.5) is 4.39 Å². The van der Waals surface area contributed by atoms with Crippen molar-refractivity contribution in [3.8, 4) is 0 Å². The molecule has 0 radical (unpaired) electrons. The van der Waals surface area contributed by atoms with Crippen LogP contribution in [0.1, 0.15) is 5.56 Å². The number of rotatable bonds is 5. The van der Waals surface area contributed by atoms with Crippen molar-refractivity contribution in [2.45, 2.75) is 4.90 Å². The molecule has 0 fully saturated rings. The maximum atomic E-state index is 13.3. The molecular weight excluding hydrogens is 515 g/mol. The van der Waals surface area contributed by atoms with Crippen molar-refractivity contribution in [3.05, 3.63) is 81.7 Å². The monoisotopic (exact) mass is 529 g/mol. The number of hydrazone groups is 1. The zero-order valence-corrected chi connectivity index (χ0v) is 19.8. The second kappa shape index (κ2) is 9.60. The number of phosphoric acid groups is 1. The zero-order chi connectivity index (χ0) is 23.8. The summed E-state index contributed by atoms with van der Waals surface area (Å²) >= 11 is 14.0. The van der Waals surface area contributed by atoms with E-state index in [1.165, 1.54) is 28.9 Å². The van der Waals surface area contributed by atoms with Crippen LogP contribution in [-0.2, 0) is 13.9 Å². The van der Waals surface area contributed by atoms with Crippen LogP contribution in [0.25, 0.3) is 5.57 Å². The molecule has 13 heteroatoms. The number of carbonyl (C=O) groups is 1. The predicted molar refractivity (Wildman–Crippen MR) is 124 cm³/mol. The number of phosphoric ester groups is 1. The largest absolute Gasteiger partial charge is 0.471 e. The Balaban J connectivity index is 1.74. The molecule has 0 unspecified atom stereocenters. The van der Waals surface area contributed by atoms with Crippen LogP contribution >= 0.6 is 42.8 Å². The van der Waals surface area contributed by atoms with Crippen LogP contribution in [0.2, 0.25) is 10.0 Å². The van der Waals surface area contributed by atoms with Gasteiger partial charge in [-0.25, -0.2) is 14.0 Å². The van der Waals surface area contributed by atoms with Crippen molar-refractivity contribution < 1.29 is 28.1 Å². The van der Waals surface area contributed by atoms with Crippen molar-refractivity contribution in [3.63, 3.8) is 0 Å². The molecule has 1 amide bonds. The van der Waals surface area contributed by atoms with Crippen molar-refractivity contribution >= 4 is 59.3 Å². The fourth-order valence-corrected chi connectivity index (χ4v) is 4.82. The molecule has 2 aliphatic rings. The highest BCUT2D eigenvalue weighted by Gasteiger charge is 2.36. The number of thioether (sulfide) groups is 1. The molecule has 2 heterocycles. The van der Waals surface area contributed by atoms with Gasteiger partial charge in [0.1, 0.15) is 24.3 Å². The maximum absolute atomic E-state index is 13.3. The van der Waals surface area contributed by atoms with Crippen LogP contribution in [0.5, 0.6) is 0 Å². The fourth-order valence-electron chi connectivity index (χ4n) is 3.15. The summed E-state index contributed by atoms with van der Waals surface area (Å²) in [5, 5.41) is 6.99. The van der Waals surface area contributed by atoms with Gasteiger partial charge in [0.15, 0.2) is 0 Å². The molecule has 0 saturated carbocycles. The number of hydrogen-bond donors (Lipinski definition) is 2.